The molecular weight excluding hydrogens is 472 g/mol. The fourth-order valence-electron chi connectivity index (χ4n) is 5.22. The highest BCUT2D eigenvalue weighted by Gasteiger charge is 2.38. The predicted molar refractivity (Wildman–Crippen MR) is 142 cm³/mol. The van der Waals surface area contributed by atoms with Crippen molar-refractivity contribution in [3.8, 4) is 28.7 Å². The molecular formula is C29H31ClN4O2. The number of nitrogens with one attached hydrogen (secondary N) is 2. The molecule has 1 saturated heterocycles. The fraction of sp³-hybridized carbons (Fsp3) is 0.345. The van der Waals surface area contributed by atoms with E-state index in [2.05, 4.69) is 49.4 Å². The van der Waals surface area contributed by atoms with E-state index in [1.54, 1.807) is 30.5 Å². The maximum atomic E-state index is 13.0. The average molecular weight is 503 g/mol. The van der Waals surface area contributed by atoms with Crippen LogP contribution in [-0.4, -0.2) is 28.0 Å². The van der Waals surface area contributed by atoms with Crippen molar-refractivity contribution in [3.63, 3.8) is 0 Å². The highest BCUT2D eigenvalue weighted by Crippen LogP contribution is 2.36. The number of pyridine rings is 1. The number of amides is 1. The zero-order chi connectivity index (χ0) is 26.1. The number of piperidine rings is 1. The van der Waals surface area contributed by atoms with Gasteiger partial charge in [0, 0.05) is 40.1 Å². The van der Waals surface area contributed by atoms with Gasteiger partial charge in [0.25, 0.3) is 5.91 Å². The summed E-state index contributed by atoms with van der Waals surface area (Å²) in [6, 6.07) is 16.5. The number of carbonyl (C=O) groups excluding carboxylic acids is 1. The topological polar surface area (TPSA) is 87.0 Å². The van der Waals surface area contributed by atoms with Gasteiger partial charge in [0.15, 0.2) is 0 Å². The largest absolute Gasteiger partial charge is 0.454 e. The summed E-state index contributed by atoms with van der Waals surface area (Å²) < 4.78 is 6.05. The van der Waals surface area contributed by atoms with Crippen LogP contribution in [0.4, 0.5) is 0 Å². The molecule has 1 aliphatic heterocycles. The van der Waals surface area contributed by atoms with Crippen LogP contribution >= 0.6 is 11.6 Å². The molecule has 0 spiro atoms. The monoisotopic (exact) mass is 502 g/mol. The number of hydrogen-bond donors (Lipinski definition) is 2. The van der Waals surface area contributed by atoms with Gasteiger partial charge in [0.1, 0.15) is 23.1 Å². The summed E-state index contributed by atoms with van der Waals surface area (Å²) in [7, 11) is 0. The van der Waals surface area contributed by atoms with Crippen LogP contribution in [0.3, 0.4) is 0 Å². The number of aryl methyl sites for hydroxylation is 1. The number of hydrogen-bond acceptors (Lipinski definition) is 5. The number of ether oxygens (including phenoxy) is 1. The third-order valence-electron chi connectivity index (χ3n) is 6.29. The predicted octanol–water partition coefficient (Wildman–Crippen LogP) is 6.41. The summed E-state index contributed by atoms with van der Waals surface area (Å²) >= 11 is 6.52. The number of halogens is 1. The smallest absolute Gasteiger partial charge is 0.251 e. The standard InChI is InChI=1S/C29H31ClN4O2/c1-18-13-19(11-12-32-18)22-7-6-8-25(23(22)17-31)36-26-10-9-20(14-24(26)30)27(35)33-21-15-28(2,3)34-29(4,5)16-21/h6-14,21,34H,15-16H2,1-5H3,(H,33,35). The molecule has 2 aromatic carbocycles. The van der Waals surface area contributed by atoms with Crippen molar-refractivity contribution in [2.24, 2.45) is 0 Å². The highest BCUT2D eigenvalue weighted by atomic mass is 35.5. The third-order valence-corrected chi connectivity index (χ3v) is 6.58. The molecule has 4 rings (SSSR count). The Labute approximate surface area is 217 Å². The summed E-state index contributed by atoms with van der Waals surface area (Å²) in [6.45, 7) is 10.5. The Morgan fingerprint density at radius 2 is 1.83 bits per heavy atom. The summed E-state index contributed by atoms with van der Waals surface area (Å²) in [5.74, 6) is 0.592. The highest BCUT2D eigenvalue weighted by molar-refractivity contribution is 6.32. The van der Waals surface area contributed by atoms with Crippen LogP contribution in [0.5, 0.6) is 11.5 Å². The van der Waals surface area contributed by atoms with Crippen molar-refractivity contribution >= 4 is 17.5 Å². The molecule has 0 saturated carbocycles. The number of benzene rings is 2. The Bertz CT molecular complexity index is 1330. The molecule has 0 bridgehead atoms. The van der Waals surface area contributed by atoms with Crippen LogP contribution in [0.2, 0.25) is 5.02 Å². The summed E-state index contributed by atoms with van der Waals surface area (Å²) in [5.41, 5.74) is 3.21. The van der Waals surface area contributed by atoms with Crippen molar-refractivity contribution < 1.29 is 9.53 Å². The van der Waals surface area contributed by atoms with Crippen molar-refractivity contribution in [2.45, 2.75) is 64.6 Å². The number of carbonyl (C=O) groups is 1. The van der Waals surface area contributed by atoms with Crippen LogP contribution in [0.1, 0.15) is 62.2 Å². The molecule has 2 N–H and O–H groups in total. The molecule has 186 valence electrons. The molecule has 1 aliphatic rings. The SMILES string of the molecule is Cc1cc(-c2cccc(Oc3ccc(C(=O)NC4CC(C)(C)NC(C)(C)C4)cc3Cl)c2C#N)ccn1. The molecule has 0 aliphatic carbocycles. The van der Waals surface area contributed by atoms with Crippen molar-refractivity contribution in [1.82, 2.24) is 15.6 Å². The van der Waals surface area contributed by atoms with Gasteiger partial charge in [-0.3, -0.25) is 9.78 Å². The normalized spacial score (nSPS) is 16.7. The van der Waals surface area contributed by atoms with Gasteiger partial charge >= 0.3 is 0 Å². The Balaban J connectivity index is 1.54. The second-order valence-corrected chi connectivity index (χ2v) is 11.1. The van der Waals surface area contributed by atoms with Crippen molar-refractivity contribution in [3.05, 3.63) is 76.6 Å². The number of aromatic nitrogens is 1. The first-order chi connectivity index (χ1) is 17.0. The molecule has 36 heavy (non-hydrogen) atoms. The first-order valence-electron chi connectivity index (χ1n) is 12.0. The van der Waals surface area contributed by atoms with Crippen LogP contribution in [0, 0.1) is 18.3 Å². The van der Waals surface area contributed by atoms with E-state index < -0.39 is 0 Å². The Morgan fingerprint density at radius 3 is 2.47 bits per heavy atom. The second kappa shape index (κ2) is 9.93. The molecule has 3 aromatic rings. The Morgan fingerprint density at radius 1 is 1.11 bits per heavy atom. The minimum absolute atomic E-state index is 0.0520. The van der Waals surface area contributed by atoms with Crippen molar-refractivity contribution in [2.75, 3.05) is 0 Å². The molecule has 0 radical (unpaired) electrons. The van der Waals surface area contributed by atoms with E-state index >= 15 is 0 Å². The van der Waals surface area contributed by atoms with Gasteiger partial charge < -0.3 is 15.4 Å². The van der Waals surface area contributed by atoms with E-state index in [1.165, 1.54) is 0 Å². The minimum atomic E-state index is -0.172. The average Bonchev–Trinajstić information content (AvgIpc) is 2.78. The van der Waals surface area contributed by atoms with Gasteiger partial charge in [0.2, 0.25) is 0 Å². The van der Waals surface area contributed by atoms with Gasteiger partial charge in [-0.25, -0.2) is 0 Å². The first-order valence-corrected chi connectivity index (χ1v) is 12.4. The Kier molecular flexibility index (Phi) is 7.08. The molecule has 2 heterocycles. The van der Waals surface area contributed by atoms with E-state index in [0.29, 0.717) is 27.6 Å². The molecule has 0 atom stereocenters. The molecule has 1 aromatic heterocycles. The van der Waals surface area contributed by atoms with Crippen LogP contribution in [0.25, 0.3) is 11.1 Å². The van der Waals surface area contributed by atoms with Crippen LogP contribution in [0.15, 0.2) is 54.7 Å². The zero-order valence-electron chi connectivity index (χ0n) is 21.3. The third kappa shape index (κ3) is 5.87. The lowest BCUT2D eigenvalue weighted by molar-refractivity contribution is 0.0873. The van der Waals surface area contributed by atoms with Gasteiger partial charge in [-0.05, 0) is 89.4 Å². The van der Waals surface area contributed by atoms with Gasteiger partial charge in [-0.15, -0.1) is 0 Å². The van der Waals surface area contributed by atoms with Crippen molar-refractivity contribution in [1.29, 1.82) is 5.26 Å². The molecule has 6 nitrogen and oxygen atoms in total. The molecule has 7 heteroatoms. The maximum absolute atomic E-state index is 13.0. The van der Waals surface area contributed by atoms with Gasteiger partial charge in [-0.1, -0.05) is 23.7 Å². The van der Waals surface area contributed by atoms with Crippen LogP contribution < -0.4 is 15.4 Å². The summed E-state index contributed by atoms with van der Waals surface area (Å²) in [6.07, 6.45) is 3.38. The first kappa shape index (κ1) is 25.7. The molecule has 0 unspecified atom stereocenters. The number of rotatable bonds is 5. The fourth-order valence-corrected chi connectivity index (χ4v) is 5.44. The van der Waals surface area contributed by atoms with Gasteiger partial charge in [-0.2, -0.15) is 5.26 Å². The summed E-state index contributed by atoms with van der Waals surface area (Å²) in [5, 5.41) is 17.0. The minimum Gasteiger partial charge on any atom is -0.454 e. The zero-order valence-corrected chi connectivity index (χ0v) is 22.0. The van der Waals surface area contributed by atoms with E-state index in [1.807, 2.05) is 31.2 Å². The van der Waals surface area contributed by atoms with E-state index in [4.69, 9.17) is 16.3 Å². The second-order valence-electron chi connectivity index (χ2n) is 10.7. The lowest BCUT2D eigenvalue weighted by atomic mass is 9.79. The quantitative estimate of drug-likeness (QED) is 0.420. The van der Waals surface area contributed by atoms with Gasteiger partial charge in [0.05, 0.1) is 5.02 Å². The number of nitriles is 1. The molecule has 1 amide bonds. The summed E-state index contributed by atoms with van der Waals surface area (Å²) in [4.78, 5) is 17.2. The number of nitrogens with zero attached hydrogens (tertiary/aromatic N) is 2. The lowest BCUT2D eigenvalue weighted by Crippen LogP contribution is -2.62. The van der Waals surface area contributed by atoms with E-state index in [9.17, 15) is 10.1 Å². The van der Waals surface area contributed by atoms with E-state index in [-0.39, 0.29) is 23.0 Å². The lowest BCUT2D eigenvalue weighted by Gasteiger charge is -2.46. The Hall–Kier alpha value is -3.40. The maximum Gasteiger partial charge on any atom is 0.251 e. The van der Waals surface area contributed by atoms with Crippen LogP contribution in [-0.2, 0) is 0 Å². The van der Waals surface area contributed by atoms with E-state index in [0.717, 1.165) is 29.7 Å². The molecule has 1 fully saturated rings.